The van der Waals surface area contributed by atoms with Crippen molar-refractivity contribution in [3.63, 3.8) is 0 Å². The lowest BCUT2D eigenvalue weighted by molar-refractivity contribution is 0.316. The summed E-state index contributed by atoms with van der Waals surface area (Å²) >= 11 is 0. The van der Waals surface area contributed by atoms with Gasteiger partial charge in [-0.1, -0.05) is 26.2 Å². The molecule has 2 unspecified atom stereocenters. The molecule has 0 bridgehead atoms. The highest BCUT2D eigenvalue weighted by Crippen LogP contribution is 2.28. The van der Waals surface area contributed by atoms with Gasteiger partial charge in [0, 0.05) is 0 Å². The van der Waals surface area contributed by atoms with Crippen molar-refractivity contribution in [3.05, 3.63) is 0 Å². The van der Waals surface area contributed by atoms with Gasteiger partial charge in [0.2, 0.25) is 0 Å². The van der Waals surface area contributed by atoms with E-state index >= 15 is 0 Å². The molecule has 1 saturated carbocycles. The minimum absolute atomic E-state index is 0.522. The lowest BCUT2D eigenvalue weighted by Crippen LogP contribution is -2.21. The number of nitrogens with zero attached hydrogens (tertiary/aromatic N) is 1. The Morgan fingerprint density at radius 1 is 1.50 bits per heavy atom. The minimum atomic E-state index is 0.522. The summed E-state index contributed by atoms with van der Waals surface area (Å²) in [5.74, 6) is 1.64. The van der Waals surface area contributed by atoms with E-state index in [0.717, 1.165) is 11.8 Å². The highest BCUT2D eigenvalue weighted by Gasteiger charge is 2.19. The lowest BCUT2D eigenvalue weighted by Gasteiger charge is -2.25. The van der Waals surface area contributed by atoms with Gasteiger partial charge in [0.1, 0.15) is 0 Å². The van der Waals surface area contributed by atoms with E-state index in [1.54, 1.807) is 0 Å². The molecule has 0 aromatic rings. The largest absolute Gasteiger partial charge is 0.388 e. The van der Waals surface area contributed by atoms with Gasteiger partial charge in [0.25, 0.3) is 0 Å². The molecule has 1 aliphatic rings. The van der Waals surface area contributed by atoms with Gasteiger partial charge in [-0.25, -0.2) is 0 Å². The van der Waals surface area contributed by atoms with E-state index < -0.39 is 0 Å². The van der Waals surface area contributed by atoms with Gasteiger partial charge >= 0.3 is 0 Å². The molecule has 12 heavy (non-hydrogen) atoms. The Morgan fingerprint density at radius 2 is 2.25 bits per heavy atom. The first-order valence-electron chi connectivity index (χ1n) is 5.02. The van der Waals surface area contributed by atoms with Crippen LogP contribution in [0.1, 0.15) is 46.0 Å². The van der Waals surface area contributed by atoms with Crippen LogP contribution < -0.4 is 5.73 Å². The van der Waals surface area contributed by atoms with Crippen LogP contribution in [0, 0.1) is 5.92 Å². The molecule has 1 fully saturated rings. The molecule has 0 spiro atoms. The third kappa shape index (κ3) is 2.84. The lowest BCUT2D eigenvalue weighted by atomic mass is 9.84. The Morgan fingerprint density at radius 3 is 2.83 bits per heavy atom. The SMILES string of the molecule is CCC1CCCC(N=C(C)N)C1. The number of nitrogens with two attached hydrogens (primary N) is 1. The van der Waals surface area contributed by atoms with E-state index in [2.05, 4.69) is 11.9 Å². The summed E-state index contributed by atoms with van der Waals surface area (Å²) in [6.07, 6.45) is 6.53. The molecule has 0 saturated heterocycles. The Hall–Kier alpha value is -0.530. The molecule has 0 amide bonds. The second-order valence-electron chi connectivity index (χ2n) is 3.87. The molecule has 2 nitrogen and oxygen atoms in total. The fourth-order valence-corrected chi connectivity index (χ4v) is 2.04. The van der Waals surface area contributed by atoms with Gasteiger partial charge in [-0.05, 0) is 25.7 Å². The topological polar surface area (TPSA) is 38.4 Å². The third-order valence-electron chi connectivity index (χ3n) is 2.72. The second kappa shape index (κ2) is 4.48. The van der Waals surface area contributed by atoms with Gasteiger partial charge in [-0.2, -0.15) is 0 Å². The maximum Gasteiger partial charge on any atom is 0.0909 e. The maximum absolute atomic E-state index is 5.56. The van der Waals surface area contributed by atoms with Crippen LogP contribution in [-0.4, -0.2) is 11.9 Å². The zero-order valence-corrected chi connectivity index (χ0v) is 8.21. The van der Waals surface area contributed by atoms with Gasteiger partial charge in [-0.15, -0.1) is 0 Å². The quantitative estimate of drug-likeness (QED) is 0.499. The first-order chi connectivity index (χ1) is 5.72. The minimum Gasteiger partial charge on any atom is -0.388 e. The fraction of sp³-hybridized carbons (Fsp3) is 0.900. The van der Waals surface area contributed by atoms with Crippen LogP contribution in [0.25, 0.3) is 0 Å². The van der Waals surface area contributed by atoms with Crippen molar-refractivity contribution >= 4 is 5.84 Å². The predicted molar refractivity (Wildman–Crippen MR) is 53.3 cm³/mol. The first kappa shape index (κ1) is 9.56. The number of hydrogen-bond donors (Lipinski definition) is 1. The summed E-state index contributed by atoms with van der Waals surface area (Å²) in [5, 5.41) is 0. The molecule has 0 aromatic carbocycles. The number of aliphatic imine (C=N–C) groups is 1. The molecule has 2 heteroatoms. The molecule has 1 aliphatic carbocycles. The summed E-state index contributed by atoms with van der Waals surface area (Å²) in [6, 6.07) is 0.522. The summed E-state index contributed by atoms with van der Waals surface area (Å²) in [7, 11) is 0. The molecular weight excluding hydrogens is 148 g/mol. The third-order valence-corrected chi connectivity index (χ3v) is 2.72. The number of rotatable bonds is 2. The number of amidine groups is 1. The van der Waals surface area contributed by atoms with Gasteiger partial charge in [0.15, 0.2) is 0 Å². The van der Waals surface area contributed by atoms with E-state index in [4.69, 9.17) is 5.73 Å². The molecule has 2 atom stereocenters. The van der Waals surface area contributed by atoms with Crippen LogP contribution in [0.4, 0.5) is 0 Å². The summed E-state index contributed by atoms with van der Waals surface area (Å²) in [6.45, 7) is 4.15. The van der Waals surface area contributed by atoms with Crippen LogP contribution in [-0.2, 0) is 0 Å². The molecule has 0 aliphatic heterocycles. The van der Waals surface area contributed by atoms with Gasteiger partial charge < -0.3 is 5.73 Å². The molecule has 0 heterocycles. The second-order valence-corrected chi connectivity index (χ2v) is 3.87. The van der Waals surface area contributed by atoms with E-state index in [1.807, 2.05) is 6.92 Å². The van der Waals surface area contributed by atoms with Gasteiger partial charge in [-0.3, -0.25) is 4.99 Å². The predicted octanol–water partition coefficient (Wildman–Crippen LogP) is 2.33. The van der Waals surface area contributed by atoms with Crippen LogP contribution in [0.2, 0.25) is 0 Å². The zero-order chi connectivity index (χ0) is 8.97. The van der Waals surface area contributed by atoms with E-state index in [-0.39, 0.29) is 0 Å². The van der Waals surface area contributed by atoms with Crippen molar-refractivity contribution in [2.45, 2.75) is 52.0 Å². The molecule has 0 radical (unpaired) electrons. The number of hydrogen-bond acceptors (Lipinski definition) is 1. The standard InChI is InChI=1S/C10H20N2/c1-3-9-5-4-6-10(7-9)12-8(2)11/h9-10H,3-7H2,1-2H3,(H2,11,12). The molecule has 2 N–H and O–H groups in total. The van der Waals surface area contributed by atoms with Crippen LogP contribution in [0.5, 0.6) is 0 Å². The Bertz CT molecular complexity index is 159. The smallest absolute Gasteiger partial charge is 0.0909 e. The highest BCUT2D eigenvalue weighted by molar-refractivity contribution is 5.77. The molecule has 0 aromatic heterocycles. The van der Waals surface area contributed by atoms with Crippen molar-refractivity contribution in [1.82, 2.24) is 0 Å². The fourth-order valence-electron chi connectivity index (χ4n) is 2.04. The van der Waals surface area contributed by atoms with Crippen LogP contribution in [0.3, 0.4) is 0 Å². The van der Waals surface area contributed by atoms with Crippen molar-refractivity contribution in [2.75, 3.05) is 0 Å². The van der Waals surface area contributed by atoms with Crippen molar-refractivity contribution in [2.24, 2.45) is 16.6 Å². The van der Waals surface area contributed by atoms with Gasteiger partial charge in [0.05, 0.1) is 11.9 Å². The summed E-state index contributed by atoms with van der Waals surface area (Å²) in [4.78, 5) is 4.43. The normalized spacial score (nSPS) is 32.0. The maximum atomic E-state index is 5.56. The van der Waals surface area contributed by atoms with Crippen LogP contribution >= 0.6 is 0 Å². The molecule has 70 valence electrons. The van der Waals surface area contributed by atoms with E-state index in [9.17, 15) is 0 Å². The van der Waals surface area contributed by atoms with E-state index in [0.29, 0.717) is 6.04 Å². The summed E-state index contributed by atoms with van der Waals surface area (Å²) < 4.78 is 0. The Labute approximate surface area is 75.3 Å². The average Bonchev–Trinajstić information content (AvgIpc) is 2.03. The molecule has 1 rings (SSSR count). The van der Waals surface area contributed by atoms with E-state index in [1.165, 1.54) is 32.1 Å². The van der Waals surface area contributed by atoms with Crippen molar-refractivity contribution < 1.29 is 0 Å². The van der Waals surface area contributed by atoms with Crippen molar-refractivity contribution in [1.29, 1.82) is 0 Å². The Balaban J connectivity index is 2.40. The Kier molecular flexibility index (Phi) is 3.57. The zero-order valence-electron chi connectivity index (χ0n) is 8.21. The summed E-state index contributed by atoms with van der Waals surface area (Å²) in [5.41, 5.74) is 5.56. The monoisotopic (exact) mass is 168 g/mol. The molecular formula is C10H20N2. The average molecular weight is 168 g/mol. The first-order valence-corrected chi connectivity index (χ1v) is 5.02. The van der Waals surface area contributed by atoms with Crippen molar-refractivity contribution in [3.8, 4) is 0 Å². The highest BCUT2D eigenvalue weighted by atomic mass is 14.9. The van der Waals surface area contributed by atoms with Crippen LogP contribution in [0.15, 0.2) is 4.99 Å².